The predicted octanol–water partition coefficient (Wildman–Crippen LogP) is 1.87. The van der Waals surface area contributed by atoms with Gasteiger partial charge in [0.25, 0.3) is 0 Å². The summed E-state index contributed by atoms with van der Waals surface area (Å²) < 4.78 is 5.68. The summed E-state index contributed by atoms with van der Waals surface area (Å²) in [5, 5.41) is 3.40. The van der Waals surface area contributed by atoms with Gasteiger partial charge in [-0.3, -0.25) is 0 Å². The molecule has 2 heteroatoms. The Bertz CT molecular complexity index is 175. The molecule has 2 rings (SSSR count). The highest BCUT2D eigenvalue weighted by Crippen LogP contribution is 2.17. The number of nitrogens with one attached hydrogen (secondary N) is 1. The normalized spacial score (nSPS) is 33.5. The van der Waals surface area contributed by atoms with Gasteiger partial charge in [0.15, 0.2) is 0 Å². The second-order valence-electron chi connectivity index (χ2n) is 4.01. The van der Waals surface area contributed by atoms with Crippen molar-refractivity contribution in [3.8, 4) is 0 Å². The minimum atomic E-state index is 0.420. The third-order valence-corrected chi connectivity index (χ3v) is 2.84. The molecule has 0 radical (unpaired) electrons. The third-order valence-electron chi connectivity index (χ3n) is 2.84. The van der Waals surface area contributed by atoms with Crippen LogP contribution in [0.15, 0.2) is 11.6 Å². The van der Waals surface area contributed by atoms with E-state index >= 15 is 0 Å². The van der Waals surface area contributed by atoms with Gasteiger partial charge in [-0.2, -0.15) is 0 Å². The summed E-state index contributed by atoms with van der Waals surface area (Å²) in [4.78, 5) is 0. The van der Waals surface area contributed by atoms with Crippen molar-refractivity contribution in [3.05, 3.63) is 11.6 Å². The van der Waals surface area contributed by atoms with E-state index in [9.17, 15) is 0 Å². The van der Waals surface area contributed by atoms with Gasteiger partial charge < -0.3 is 10.1 Å². The molecule has 0 amide bonds. The molecule has 1 unspecified atom stereocenters. The summed E-state index contributed by atoms with van der Waals surface area (Å²) in [6.45, 7) is 3.23. The van der Waals surface area contributed by atoms with Gasteiger partial charge in [0.05, 0.1) is 6.10 Å². The molecule has 0 spiro atoms. The Balaban J connectivity index is 1.85. The Morgan fingerprint density at radius 1 is 1.31 bits per heavy atom. The number of hydrogen-bond donors (Lipinski definition) is 1. The average molecular weight is 181 g/mol. The van der Waals surface area contributed by atoms with Crippen molar-refractivity contribution in [2.24, 2.45) is 0 Å². The number of hydrogen-bond acceptors (Lipinski definition) is 2. The maximum Gasteiger partial charge on any atom is 0.0758 e. The lowest BCUT2D eigenvalue weighted by Gasteiger charge is -2.22. The Morgan fingerprint density at radius 2 is 2.31 bits per heavy atom. The van der Waals surface area contributed by atoms with Crippen LogP contribution >= 0.6 is 0 Å². The summed E-state index contributed by atoms with van der Waals surface area (Å²) in [5.74, 6) is 0. The molecule has 0 bridgehead atoms. The fourth-order valence-electron chi connectivity index (χ4n) is 2.08. The minimum Gasteiger partial charge on any atom is -0.374 e. The van der Waals surface area contributed by atoms with Gasteiger partial charge in [-0.05, 0) is 38.6 Å². The van der Waals surface area contributed by atoms with E-state index in [1.807, 2.05) is 0 Å². The molecule has 0 saturated carbocycles. The molecule has 2 saturated heterocycles. The molecule has 0 aromatic rings. The van der Waals surface area contributed by atoms with Crippen LogP contribution in [0.5, 0.6) is 0 Å². The van der Waals surface area contributed by atoms with Crippen LogP contribution in [0.25, 0.3) is 0 Å². The summed E-state index contributed by atoms with van der Waals surface area (Å²) in [7, 11) is 0. The number of rotatable bonds is 1. The zero-order chi connectivity index (χ0) is 8.93. The molecule has 2 fully saturated rings. The highest BCUT2D eigenvalue weighted by Gasteiger charge is 2.13. The van der Waals surface area contributed by atoms with Gasteiger partial charge in [0.2, 0.25) is 0 Å². The summed E-state index contributed by atoms with van der Waals surface area (Å²) in [5.41, 5.74) is 1.55. The van der Waals surface area contributed by atoms with Crippen molar-refractivity contribution in [1.29, 1.82) is 0 Å². The molecule has 2 aliphatic heterocycles. The van der Waals surface area contributed by atoms with Gasteiger partial charge in [-0.1, -0.05) is 11.6 Å². The van der Waals surface area contributed by atoms with E-state index in [-0.39, 0.29) is 0 Å². The Labute approximate surface area is 80.4 Å². The van der Waals surface area contributed by atoms with Crippen molar-refractivity contribution in [2.45, 2.75) is 38.2 Å². The van der Waals surface area contributed by atoms with E-state index < -0.39 is 0 Å². The van der Waals surface area contributed by atoms with Gasteiger partial charge in [-0.15, -0.1) is 0 Å². The SMILES string of the molecule is C(=C1\CCCNC1)/C1CCCCO1. The first-order valence-electron chi connectivity index (χ1n) is 5.47. The van der Waals surface area contributed by atoms with Crippen LogP contribution in [-0.2, 0) is 4.74 Å². The standard InChI is InChI=1S/C11H19NO/c1-2-7-13-11(5-1)8-10-4-3-6-12-9-10/h8,11-12H,1-7,9H2/b10-8-. The van der Waals surface area contributed by atoms with Crippen LogP contribution in [0.2, 0.25) is 0 Å². The number of ether oxygens (including phenoxy) is 1. The zero-order valence-electron chi connectivity index (χ0n) is 8.22. The second kappa shape index (κ2) is 4.77. The van der Waals surface area contributed by atoms with Crippen LogP contribution in [0.3, 0.4) is 0 Å². The van der Waals surface area contributed by atoms with E-state index in [4.69, 9.17) is 4.74 Å². The Kier molecular flexibility index (Phi) is 3.39. The van der Waals surface area contributed by atoms with Crippen LogP contribution in [0, 0.1) is 0 Å². The van der Waals surface area contributed by atoms with Crippen molar-refractivity contribution >= 4 is 0 Å². The molecule has 74 valence electrons. The first kappa shape index (κ1) is 9.22. The Morgan fingerprint density at radius 3 is 3.00 bits per heavy atom. The fourth-order valence-corrected chi connectivity index (χ4v) is 2.08. The van der Waals surface area contributed by atoms with Gasteiger partial charge in [0, 0.05) is 13.2 Å². The number of piperidine rings is 1. The Hall–Kier alpha value is -0.340. The molecule has 2 nitrogen and oxygen atoms in total. The molecular weight excluding hydrogens is 162 g/mol. The van der Waals surface area contributed by atoms with E-state index in [2.05, 4.69) is 11.4 Å². The topological polar surface area (TPSA) is 21.3 Å². The molecule has 1 N–H and O–H groups in total. The summed E-state index contributed by atoms with van der Waals surface area (Å²) >= 11 is 0. The molecule has 0 aromatic heterocycles. The van der Waals surface area contributed by atoms with E-state index in [1.54, 1.807) is 5.57 Å². The van der Waals surface area contributed by atoms with E-state index in [1.165, 1.54) is 38.6 Å². The van der Waals surface area contributed by atoms with Crippen molar-refractivity contribution < 1.29 is 4.74 Å². The smallest absolute Gasteiger partial charge is 0.0758 e. The van der Waals surface area contributed by atoms with Crippen LogP contribution < -0.4 is 5.32 Å². The summed E-state index contributed by atoms with van der Waals surface area (Å²) in [6.07, 6.45) is 9.14. The third kappa shape index (κ3) is 2.82. The van der Waals surface area contributed by atoms with Crippen LogP contribution in [0.1, 0.15) is 32.1 Å². The zero-order valence-corrected chi connectivity index (χ0v) is 8.22. The average Bonchev–Trinajstić information content (AvgIpc) is 2.21. The second-order valence-corrected chi connectivity index (χ2v) is 4.01. The van der Waals surface area contributed by atoms with Gasteiger partial charge in [0.1, 0.15) is 0 Å². The van der Waals surface area contributed by atoms with Gasteiger partial charge in [-0.25, -0.2) is 0 Å². The maximum absolute atomic E-state index is 5.68. The molecule has 0 aliphatic carbocycles. The molecular formula is C11H19NO. The van der Waals surface area contributed by atoms with Crippen molar-refractivity contribution in [1.82, 2.24) is 5.32 Å². The van der Waals surface area contributed by atoms with Crippen molar-refractivity contribution in [2.75, 3.05) is 19.7 Å². The van der Waals surface area contributed by atoms with Crippen LogP contribution in [0.4, 0.5) is 0 Å². The molecule has 0 aromatic carbocycles. The van der Waals surface area contributed by atoms with E-state index in [0.29, 0.717) is 6.10 Å². The predicted molar refractivity (Wildman–Crippen MR) is 53.8 cm³/mol. The monoisotopic (exact) mass is 181 g/mol. The minimum absolute atomic E-state index is 0.420. The molecule has 2 heterocycles. The lowest BCUT2D eigenvalue weighted by atomic mass is 10.0. The largest absolute Gasteiger partial charge is 0.374 e. The molecule has 2 aliphatic rings. The molecule has 13 heavy (non-hydrogen) atoms. The first-order valence-corrected chi connectivity index (χ1v) is 5.47. The first-order chi connectivity index (χ1) is 6.45. The maximum atomic E-state index is 5.68. The van der Waals surface area contributed by atoms with E-state index in [0.717, 1.165) is 13.2 Å². The molecule has 1 atom stereocenters. The summed E-state index contributed by atoms with van der Waals surface area (Å²) in [6, 6.07) is 0. The van der Waals surface area contributed by atoms with Gasteiger partial charge >= 0.3 is 0 Å². The fraction of sp³-hybridized carbons (Fsp3) is 0.818. The lowest BCUT2D eigenvalue weighted by Crippen LogP contribution is -2.26. The van der Waals surface area contributed by atoms with Crippen molar-refractivity contribution in [3.63, 3.8) is 0 Å². The lowest BCUT2D eigenvalue weighted by molar-refractivity contribution is 0.0459. The van der Waals surface area contributed by atoms with Crippen LogP contribution in [-0.4, -0.2) is 25.8 Å². The highest BCUT2D eigenvalue weighted by atomic mass is 16.5. The quantitative estimate of drug-likeness (QED) is 0.623. The highest BCUT2D eigenvalue weighted by molar-refractivity contribution is 5.09.